The van der Waals surface area contributed by atoms with Crippen molar-refractivity contribution in [2.75, 3.05) is 11.9 Å². The number of halogens is 2. The van der Waals surface area contributed by atoms with Crippen molar-refractivity contribution >= 4 is 39.4 Å². The molecule has 1 saturated heterocycles. The van der Waals surface area contributed by atoms with Crippen molar-refractivity contribution in [2.45, 2.75) is 52.2 Å². The van der Waals surface area contributed by atoms with Crippen LogP contribution in [0.2, 0.25) is 0 Å². The molecule has 0 aliphatic carbocycles. The zero-order valence-electron chi connectivity index (χ0n) is 15.2. The van der Waals surface area contributed by atoms with Crippen LogP contribution in [0.3, 0.4) is 0 Å². The predicted molar refractivity (Wildman–Crippen MR) is 98.7 cm³/mol. The molecule has 0 radical (unpaired) electrons. The molecule has 1 heterocycles. The second-order valence-corrected chi connectivity index (χ2v) is 8.04. The summed E-state index contributed by atoms with van der Waals surface area (Å²) in [7, 11) is 0. The molecule has 142 valence electrons. The van der Waals surface area contributed by atoms with E-state index in [1.165, 1.54) is 17.9 Å². The molecule has 2 amide bonds. The standard InChI is InChI=1S/C18H22BrFN2O4/c1-10(23)11-8-13(20)12(19)9-14(11)21-16(24)15-6-5-7-22(15)17(25)26-18(2,3)4/h8-9,15H,5-7H2,1-4H3,(H,21,24)/t15-/m0/s1. The first kappa shape index (κ1) is 20.4. The highest BCUT2D eigenvalue weighted by atomic mass is 79.9. The Labute approximate surface area is 160 Å². The highest BCUT2D eigenvalue weighted by Crippen LogP contribution is 2.27. The molecule has 1 fully saturated rings. The number of ketones is 1. The molecular weight excluding hydrogens is 407 g/mol. The maximum absolute atomic E-state index is 13.7. The Hall–Kier alpha value is -1.96. The number of rotatable bonds is 3. The van der Waals surface area contributed by atoms with Gasteiger partial charge in [0.15, 0.2) is 5.78 Å². The normalized spacial score (nSPS) is 17.2. The van der Waals surface area contributed by atoms with E-state index >= 15 is 0 Å². The zero-order valence-corrected chi connectivity index (χ0v) is 16.8. The third-order valence-electron chi connectivity index (χ3n) is 3.88. The number of hydrogen-bond donors (Lipinski definition) is 1. The fourth-order valence-electron chi connectivity index (χ4n) is 2.74. The first-order valence-electron chi connectivity index (χ1n) is 8.30. The van der Waals surface area contributed by atoms with E-state index in [2.05, 4.69) is 21.2 Å². The van der Waals surface area contributed by atoms with Gasteiger partial charge in [-0.3, -0.25) is 14.5 Å². The molecule has 1 N–H and O–H groups in total. The molecule has 0 spiro atoms. The molecule has 1 aliphatic heterocycles. The van der Waals surface area contributed by atoms with Gasteiger partial charge in [0, 0.05) is 12.1 Å². The molecule has 26 heavy (non-hydrogen) atoms. The van der Waals surface area contributed by atoms with Gasteiger partial charge in [0.2, 0.25) is 5.91 Å². The predicted octanol–water partition coefficient (Wildman–Crippen LogP) is 4.13. The number of carbonyl (C=O) groups excluding carboxylic acids is 3. The number of nitrogens with one attached hydrogen (secondary N) is 1. The van der Waals surface area contributed by atoms with E-state index in [-0.39, 0.29) is 21.5 Å². The largest absolute Gasteiger partial charge is 0.444 e. The van der Waals surface area contributed by atoms with Gasteiger partial charge in [0.1, 0.15) is 17.5 Å². The SMILES string of the molecule is CC(=O)c1cc(F)c(Br)cc1NC(=O)[C@@H]1CCCN1C(=O)OC(C)(C)C. The lowest BCUT2D eigenvalue weighted by Gasteiger charge is -2.28. The summed E-state index contributed by atoms with van der Waals surface area (Å²) >= 11 is 3.05. The number of likely N-dealkylation sites (tertiary alicyclic amines) is 1. The Kier molecular flexibility index (Phi) is 6.05. The number of anilines is 1. The summed E-state index contributed by atoms with van der Waals surface area (Å²) in [5, 5.41) is 2.64. The van der Waals surface area contributed by atoms with Crippen LogP contribution in [0.4, 0.5) is 14.9 Å². The van der Waals surface area contributed by atoms with Gasteiger partial charge in [-0.05, 0) is 68.6 Å². The topological polar surface area (TPSA) is 75.7 Å². The first-order valence-corrected chi connectivity index (χ1v) is 9.09. The van der Waals surface area contributed by atoms with Gasteiger partial charge in [-0.2, -0.15) is 0 Å². The third kappa shape index (κ3) is 4.81. The van der Waals surface area contributed by atoms with E-state index in [1.807, 2.05) is 0 Å². The van der Waals surface area contributed by atoms with Gasteiger partial charge in [-0.15, -0.1) is 0 Å². The van der Waals surface area contributed by atoms with Gasteiger partial charge in [-0.1, -0.05) is 0 Å². The highest BCUT2D eigenvalue weighted by Gasteiger charge is 2.37. The van der Waals surface area contributed by atoms with Crippen LogP contribution in [-0.4, -0.2) is 40.9 Å². The third-order valence-corrected chi connectivity index (χ3v) is 4.49. The summed E-state index contributed by atoms with van der Waals surface area (Å²) < 4.78 is 19.2. The summed E-state index contributed by atoms with van der Waals surface area (Å²) in [5.41, 5.74) is -0.391. The van der Waals surface area contributed by atoms with Crippen LogP contribution in [0.1, 0.15) is 50.9 Å². The quantitative estimate of drug-likeness (QED) is 0.734. The Morgan fingerprint density at radius 1 is 1.31 bits per heavy atom. The number of Topliss-reactive ketones (excluding diaryl/α,β-unsaturated/α-hetero) is 1. The summed E-state index contributed by atoms with van der Waals surface area (Å²) in [6.07, 6.45) is 0.606. The van der Waals surface area contributed by atoms with Gasteiger partial charge in [-0.25, -0.2) is 9.18 Å². The number of nitrogens with zero attached hydrogens (tertiary/aromatic N) is 1. The minimum absolute atomic E-state index is 0.0702. The van der Waals surface area contributed by atoms with Crippen LogP contribution in [0.25, 0.3) is 0 Å². The van der Waals surface area contributed by atoms with Crippen LogP contribution in [0.15, 0.2) is 16.6 Å². The molecule has 8 heteroatoms. The summed E-state index contributed by atoms with van der Waals surface area (Å²) in [6, 6.07) is 1.72. The molecular formula is C18H22BrFN2O4. The zero-order chi connectivity index (χ0) is 19.6. The van der Waals surface area contributed by atoms with Crippen molar-refractivity contribution < 1.29 is 23.5 Å². The second-order valence-electron chi connectivity index (χ2n) is 7.19. The van der Waals surface area contributed by atoms with Gasteiger partial charge in [0.25, 0.3) is 0 Å². The van der Waals surface area contributed by atoms with Crippen molar-refractivity contribution in [3.8, 4) is 0 Å². The fraction of sp³-hybridized carbons (Fsp3) is 0.500. The summed E-state index contributed by atoms with van der Waals surface area (Å²) in [4.78, 5) is 38.1. The molecule has 1 aliphatic rings. The van der Waals surface area contributed by atoms with E-state index in [4.69, 9.17) is 4.74 Å². The maximum Gasteiger partial charge on any atom is 0.410 e. The Balaban J connectivity index is 2.20. The van der Waals surface area contributed by atoms with Crippen molar-refractivity contribution in [3.05, 3.63) is 28.0 Å². The van der Waals surface area contributed by atoms with Crippen LogP contribution < -0.4 is 5.32 Å². The Morgan fingerprint density at radius 2 is 1.96 bits per heavy atom. The Bertz CT molecular complexity index is 745. The molecule has 0 saturated carbocycles. The second kappa shape index (κ2) is 7.73. The lowest BCUT2D eigenvalue weighted by atomic mass is 10.1. The van der Waals surface area contributed by atoms with Gasteiger partial charge < -0.3 is 10.1 Å². The van der Waals surface area contributed by atoms with E-state index in [0.29, 0.717) is 19.4 Å². The lowest BCUT2D eigenvalue weighted by molar-refractivity contribution is -0.120. The molecule has 1 aromatic carbocycles. The van der Waals surface area contributed by atoms with E-state index in [9.17, 15) is 18.8 Å². The van der Waals surface area contributed by atoms with E-state index < -0.39 is 29.5 Å². The minimum Gasteiger partial charge on any atom is -0.444 e. The van der Waals surface area contributed by atoms with Gasteiger partial charge >= 0.3 is 6.09 Å². The fourth-order valence-corrected chi connectivity index (χ4v) is 3.08. The number of benzene rings is 1. The van der Waals surface area contributed by atoms with E-state index in [0.717, 1.165) is 6.07 Å². The molecule has 6 nitrogen and oxygen atoms in total. The van der Waals surface area contributed by atoms with Crippen molar-refractivity contribution in [1.82, 2.24) is 4.90 Å². The first-order chi connectivity index (χ1) is 12.0. The van der Waals surface area contributed by atoms with E-state index in [1.54, 1.807) is 20.8 Å². The van der Waals surface area contributed by atoms with Crippen LogP contribution in [-0.2, 0) is 9.53 Å². The number of hydrogen-bond acceptors (Lipinski definition) is 4. The maximum atomic E-state index is 13.7. The molecule has 0 aromatic heterocycles. The molecule has 0 unspecified atom stereocenters. The monoisotopic (exact) mass is 428 g/mol. The molecule has 0 bridgehead atoms. The highest BCUT2D eigenvalue weighted by molar-refractivity contribution is 9.10. The van der Waals surface area contributed by atoms with Crippen LogP contribution in [0.5, 0.6) is 0 Å². The van der Waals surface area contributed by atoms with Crippen molar-refractivity contribution in [1.29, 1.82) is 0 Å². The van der Waals surface area contributed by atoms with Crippen molar-refractivity contribution in [2.24, 2.45) is 0 Å². The smallest absolute Gasteiger partial charge is 0.410 e. The summed E-state index contributed by atoms with van der Waals surface area (Å²) in [6.45, 7) is 6.97. The average Bonchev–Trinajstić information content (AvgIpc) is 2.98. The lowest BCUT2D eigenvalue weighted by Crippen LogP contribution is -2.45. The van der Waals surface area contributed by atoms with Crippen LogP contribution in [0, 0.1) is 5.82 Å². The molecule has 1 aromatic rings. The Morgan fingerprint density at radius 3 is 2.54 bits per heavy atom. The van der Waals surface area contributed by atoms with Gasteiger partial charge in [0.05, 0.1) is 10.2 Å². The summed E-state index contributed by atoms with van der Waals surface area (Å²) in [5.74, 6) is -1.40. The minimum atomic E-state index is -0.700. The van der Waals surface area contributed by atoms with Crippen molar-refractivity contribution in [3.63, 3.8) is 0 Å². The molecule has 1 atom stereocenters. The number of carbonyl (C=O) groups is 3. The number of amides is 2. The average molecular weight is 429 g/mol. The van der Waals surface area contributed by atoms with Crippen LogP contribution >= 0.6 is 15.9 Å². The molecule has 2 rings (SSSR count). The number of ether oxygens (including phenoxy) is 1.